The van der Waals surface area contributed by atoms with E-state index in [9.17, 15) is 5.26 Å². The number of nitrogens with zero attached hydrogens (tertiary/aromatic N) is 1. The van der Waals surface area contributed by atoms with Crippen LogP contribution in [0.15, 0.2) is 54.6 Å². The van der Waals surface area contributed by atoms with Crippen molar-refractivity contribution < 1.29 is 0 Å². The van der Waals surface area contributed by atoms with Crippen LogP contribution in [0.1, 0.15) is 5.56 Å². The Morgan fingerprint density at radius 3 is 2.47 bits per heavy atom. The van der Waals surface area contributed by atoms with E-state index in [1.165, 1.54) is 0 Å². The van der Waals surface area contributed by atoms with E-state index in [1.807, 2.05) is 42.5 Å². The number of aromatic nitrogens is 1. The quantitative estimate of drug-likeness (QED) is 0.489. The number of fused-ring (bicyclic) bond motifs is 5. The summed E-state index contributed by atoms with van der Waals surface area (Å²) in [6, 6.07) is 20.6. The summed E-state index contributed by atoms with van der Waals surface area (Å²) in [6.45, 7) is 0. The summed E-state index contributed by atoms with van der Waals surface area (Å²) in [5.74, 6) is 0. The normalized spacial score (nSPS) is 11.1. The fraction of sp³-hybridized carbons (Fsp3) is 0. The molecule has 0 amide bonds. The SMILES string of the molecule is N#Cc1cc2ccccc2c2[nH]c3ccccc3c12. The molecule has 4 rings (SSSR count). The van der Waals surface area contributed by atoms with Crippen LogP contribution >= 0.6 is 0 Å². The number of nitriles is 1. The van der Waals surface area contributed by atoms with E-state index in [-0.39, 0.29) is 0 Å². The lowest BCUT2D eigenvalue weighted by Crippen LogP contribution is -1.81. The van der Waals surface area contributed by atoms with Gasteiger partial charge in [-0.2, -0.15) is 5.26 Å². The molecule has 0 fully saturated rings. The smallest absolute Gasteiger partial charge is 0.0999 e. The van der Waals surface area contributed by atoms with E-state index in [0.29, 0.717) is 0 Å². The lowest BCUT2D eigenvalue weighted by Gasteiger charge is -2.01. The topological polar surface area (TPSA) is 39.6 Å². The molecule has 0 atom stereocenters. The third-order valence-electron chi connectivity index (χ3n) is 3.63. The molecule has 0 saturated heterocycles. The molecule has 0 unspecified atom stereocenters. The average molecular weight is 242 g/mol. The predicted molar refractivity (Wildman–Crippen MR) is 78.0 cm³/mol. The van der Waals surface area contributed by atoms with Crippen molar-refractivity contribution in [1.82, 2.24) is 4.98 Å². The molecule has 19 heavy (non-hydrogen) atoms. The molecule has 1 aromatic heterocycles. The van der Waals surface area contributed by atoms with Crippen molar-refractivity contribution in [3.63, 3.8) is 0 Å². The molecule has 0 aliphatic heterocycles. The van der Waals surface area contributed by atoms with Gasteiger partial charge < -0.3 is 4.98 Å². The van der Waals surface area contributed by atoms with Crippen LogP contribution in [0.3, 0.4) is 0 Å². The summed E-state index contributed by atoms with van der Waals surface area (Å²) in [5, 5.41) is 13.8. The molecule has 0 bridgehead atoms. The van der Waals surface area contributed by atoms with Crippen molar-refractivity contribution in [1.29, 1.82) is 5.26 Å². The number of para-hydroxylation sites is 1. The zero-order valence-corrected chi connectivity index (χ0v) is 10.1. The van der Waals surface area contributed by atoms with Crippen LogP contribution < -0.4 is 0 Å². The summed E-state index contributed by atoms with van der Waals surface area (Å²) in [7, 11) is 0. The second kappa shape index (κ2) is 3.60. The van der Waals surface area contributed by atoms with Gasteiger partial charge in [-0.25, -0.2) is 0 Å². The van der Waals surface area contributed by atoms with Crippen molar-refractivity contribution in [2.24, 2.45) is 0 Å². The number of nitrogens with one attached hydrogen (secondary N) is 1. The van der Waals surface area contributed by atoms with Gasteiger partial charge in [-0.3, -0.25) is 0 Å². The molecular weight excluding hydrogens is 232 g/mol. The second-order valence-electron chi connectivity index (χ2n) is 4.68. The van der Waals surface area contributed by atoms with Crippen molar-refractivity contribution >= 4 is 32.6 Å². The van der Waals surface area contributed by atoms with Crippen LogP contribution in [0.4, 0.5) is 0 Å². The van der Waals surface area contributed by atoms with E-state index < -0.39 is 0 Å². The molecule has 88 valence electrons. The zero-order valence-electron chi connectivity index (χ0n) is 10.1. The van der Waals surface area contributed by atoms with Crippen LogP contribution in [-0.2, 0) is 0 Å². The number of hydrogen-bond donors (Lipinski definition) is 1. The van der Waals surface area contributed by atoms with Crippen molar-refractivity contribution in [2.75, 3.05) is 0 Å². The van der Waals surface area contributed by atoms with Gasteiger partial charge in [0.2, 0.25) is 0 Å². The summed E-state index contributed by atoms with van der Waals surface area (Å²) >= 11 is 0. The second-order valence-corrected chi connectivity index (χ2v) is 4.68. The Bertz CT molecular complexity index is 971. The highest BCUT2D eigenvalue weighted by atomic mass is 14.7. The molecular formula is C17H10N2. The van der Waals surface area contributed by atoms with Gasteiger partial charge in [0.15, 0.2) is 0 Å². The van der Waals surface area contributed by atoms with Crippen LogP contribution in [0.5, 0.6) is 0 Å². The molecule has 3 aromatic carbocycles. The van der Waals surface area contributed by atoms with Gasteiger partial charge in [-0.05, 0) is 17.5 Å². The Labute approximate surface area is 109 Å². The molecule has 0 aliphatic carbocycles. The number of hydrogen-bond acceptors (Lipinski definition) is 1. The van der Waals surface area contributed by atoms with E-state index in [2.05, 4.69) is 23.2 Å². The minimum atomic E-state index is 0.728. The molecule has 2 heteroatoms. The molecule has 1 N–H and O–H groups in total. The number of aromatic amines is 1. The van der Waals surface area contributed by atoms with Gasteiger partial charge in [0.1, 0.15) is 0 Å². The first-order valence-corrected chi connectivity index (χ1v) is 6.21. The number of H-pyrrole nitrogens is 1. The Kier molecular flexibility index (Phi) is 1.93. The minimum absolute atomic E-state index is 0.728. The summed E-state index contributed by atoms with van der Waals surface area (Å²) in [5.41, 5.74) is 2.85. The standard InChI is InChI=1S/C17H10N2/c18-10-12-9-11-5-1-2-6-13(11)17-16(12)14-7-3-4-8-15(14)19-17/h1-9,19H. The van der Waals surface area contributed by atoms with Crippen molar-refractivity contribution in [3.05, 3.63) is 60.2 Å². The molecule has 0 aliphatic rings. The van der Waals surface area contributed by atoms with Crippen LogP contribution in [-0.4, -0.2) is 4.98 Å². The summed E-state index contributed by atoms with van der Waals surface area (Å²) in [6.07, 6.45) is 0. The molecule has 1 heterocycles. The molecule has 4 aromatic rings. The molecule has 2 nitrogen and oxygen atoms in total. The number of rotatable bonds is 0. The third-order valence-corrected chi connectivity index (χ3v) is 3.63. The van der Waals surface area contributed by atoms with Crippen molar-refractivity contribution in [2.45, 2.75) is 0 Å². The zero-order chi connectivity index (χ0) is 12.8. The maximum absolute atomic E-state index is 9.41. The Balaban J connectivity index is 2.39. The van der Waals surface area contributed by atoms with Crippen LogP contribution in [0, 0.1) is 11.3 Å². The highest BCUT2D eigenvalue weighted by Gasteiger charge is 2.11. The van der Waals surface area contributed by atoms with E-state index in [0.717, 1.165) is 38.1 Å². The van der Waals surface area contributed by atoms with Crippen LogP contribution in [0.2, 0.25) is 0 Å². The fourth-order valence-electron chi connectivity index (χ4n) is 2.79. The highest BCUT2D eigenvalue weighted by Crippen LogP contribution is 2.33. The maximum atomic E-state index is 9.41. The lowest BCUT2D eigenvalue weighted by atomic mass is 10.0. The predicted octanol–water partition coefficient (Wildman–Crippen LogP) is 4.35. The third kappa shape index (κ3) is 1.30. The summed E-state index contributed by atoms with van der Waals surface area (Å²) < 4.78 is 0. The average Bonchev–Trinajstić information content (AvgIpc) is 2.86. The van der Waals surface area contributed by atoms with Gasteiger partial charge >= 0.3 is 0 Å². The first-order chi connectivity index (χ1) is 9.38. The first kappa shape index (κ1) is 10.2. The Morgan fingerprint density at radius 1 is 0.895 bits per heavy atom. The monoisotopic (exact) mass is 242 g/mol. The maximum Gasteiger partial charge on any atom is 0.0999 e. The first-order valence-electron chi connectivity index (χ1n) is 6.21. The van der Waals surface area contributed by atoms with E-state index in [1.54, 1.807) is 0 Å². The minimum Gasteiger partial charge on any atom is -0.354 e. The number of benzene rings is 3. The highest BCUT2D eigenvalue weighted by molar-refractivity contribution is 6.19. The van der Waals surface area contributed by atoms with Gasteiger partial charge in [0, 0.05) is 21.7 Å². The van der Waals surface area contributed by atoms with E-state index >= 15 is 0 Å². The molecule has 0 radical (unpaired) electrons. The van der Waals surface area contributed by atoms with E-state index in [4.69, 9.17) is 0 Å². The van der Waals surface area contributed by atoms with Gasteiger partial charge in [0.25, 0.3) is 0 Å². The van der Waals surface area contributed by atoms with Gasteiger partial charge in [-0.15, -0.1) is 0 Å². The Hall–Kier alpha value is -2.79. The molecule has 0 spiro atoms. The van der Waals surface area contributed by atoms with Gasteiger partial charge in [-0.1, -0.05) is 42.5 Å². The van der Waals surface area contributed by atoms with Crippen LogP contribution in [0.25, 0.3) is 32.6 Å². The lowest BCUT2D eigenvalue weighted by molar-refractivity contribution is 1.51. The molecule has 0 saturated carbocycles. The van der Waals surface area contributed by atoms with Gasteiger partial charge in [0.05, 0.1) is 17.1 Å². The largest absolute Gasteiger partial charge is 0.354 e. The van der Waals surface area contributed by atoms with Crippen molar-refractivity contribution in [3.8, 4) is 6.07 Å². The fourth-order valence-corrected chi connectivity index (χ4v) is 2.79. The Morgan fingerprint density at radius 2 is 1.63 bits per heavy atom. The summed E-state index contributed by atoms with van der Waals surface area (Å²) in [4.78, 5) is 3.44.